The van der Waals surface area contributed by atoms with E-state index in [1.807, 2.05) is 16.9 Å². The van der Waals surface area contributed by atoms with Gasteiger partial charge in [0.1, 0.15) is 5.60 Å². The molecule has 0 saturated carbocycles. The lowest BCUT2D eigenvalue weighted by atomic mass is 9.84. The number of fused-ring (bicyclic) bond motifs is 1. The summed E-state index contributed by atoms with van der Waals surface area (Å²) in [4.78, 5) is 2.53. The number of hydrogen-bond acceptors (Lipinski definition) is 3. The van der Waals surface area contributed by atoms with Gasteiger partial charge in [-0.3, -0.25) is 4.68 Å². The van der Waals surface area contributed by atoms with Crippen LogP contribution in [0.1, 0.15) is 51.3 Å². The predicted octanol–water partition coefficient (Wildman–Crippen LogP) is 1.91. The molecule has 1 aromatic rings. The predicted molar refractivity (Wildman–Crippen MR) is 70.3 cm³/mol. The van der Waals surface area contributed by atoms with E-state index in [-0.39, 0.29) is 0 Å². The Labute approximate surface area is 109 Å². The van der Waals surface area contributed by atoms with Crippen molar-refractivity contribution in [1.29, 1.82) is 0 Å². The highest BCUT2D eigenvalue weighted by atomic mass is 16.3. The molecule has 2 unspecified atom stereocenters. The van der Waals surface area contributed by atoms with E-state index in [4.69, 9.17) is 0 Å². The fraction of sp³-hybridized carbons (Fsp3) is 0.786. The monoisotopic (exact) mass is 249 g/mol. The van der Waals surface area contributed by atoms with Crippen LogP contribution in [0.15, 0.2) is 12.3 Å². The summed E-state index contributed by atoms with van der Waals surface area (Å²) in [6.07, 6.45) is 6.03. The summed E-state index contributed by atoms with van der Waals surface area (Å²) in [5.74, 6) is 0. The summed E-state index contributed by atoms with van der Waals surface area (Å²) in [6, 6.07) is 2.87. The molecule has 0 radical (unpaired) electrons. The first-order valence-electron chi connectivity index (χ1n) is 7.10. The minimum absolute atomic E-state index is 0.306. The topological polar surface area (TPSA) is 41.3 Å². The van der Waals surface area contributed by atoms with E-state index in [2.05, 4.69) is 23.8 Å². The Bertz CT molecular complexity index is 428. The largest absolute Gasteiger partial charge is 0.383 e. The fourth-order valence-electron chi connectivity index (χ4n) is 3.57. The number of piperidine rings is 1. The Hall–Kier alpha value is -0.870. The lowest BCUT2D eigenvalue weighted by Gasteiger charge is -2.41. The molecule has 4 heteroatoms. The molecule has 0 aliphatic carbocycles. The molecule has 100 valence electrons. The first kappa shape index (κ1) is 12.2. The second-order valence-corrected chi connectivity index (χ2v) is 6.07. The molecule has 0 aromatic carbocycles. The second kappa shape index (κ2) is 4.35. The van der Waals surface area contributed by atoms with Gasteiger partial charge in [-0.05, 0) is 52.1 Å². The van der Waals surface area contributed by atoms with Crippen LogP contribution in [-0.2, 0) is 5.60 Å². The van der Waals surface area contributed by atoms with Crippen LogP contribution in [0.5, 0.6) is 0 Å². The fourth-order valence-corrected chi connectivity index (χ4v) is 3.57. The Kier molecular flexibility index (Phi) is 2.94. The van der Waals surface area contributed by atoms with Crippen molar-refractivity contribution >= 4 is 0 Å². The molecule has 2 fully saturated rings. The average Bonchev–Trinajstić information content (AvgIpc) is 2.96. The number of rotatable bonds is 2. The SMILES string of the molecule is CC(C)n1nccc1C1(O)CCN2CCCC2C1. The first-order valence-corrected chi connectivity index (χ1v) is 7.10. The Morgan fingerprint density at radius 3 is 3.06 bits per heavy atom. The van der Waals surface area contributed by atoms with Gasteiger partial charge in [0, 0.05) is 24.8 Å². The van der Waals surface area contributed by atoms with E-state index in [1.165, 1.54) is 19.4 Å². The van der Waals surface area contributed by atoms with Crippen molar-refractivity contribution in [3.63, 3.8) is 0 Å². The highest BCUT2D eigenvalue weighted by Gasteiger charge is 2.43. The molecule has 0 bridgehead atoms. The minimum atomic E-state index is -0.674. The average molecular weight is 249 g/mol. The van der Waals surface area contributed by atoms with Gasteiger partial charge in [0.05, 0.1) is 5.69 Å². The molecule has 4 nitrogen and oxygen atoms in total. The third-order valence-corrected chi connectivity index (χ3v) is 4.52. The summed E-state index contributed by atoms with van der Waals surface area (Å²) in [5, 5.41) is 15.4. The standard InChI is InChI=1S/C14H23N3O/c1-11(2)17-13(5-7-15-17)14(18)6-9-16-8-3-4-12(16)10-14/h5,7,11-12,18H,3-4,6,8-10H2,1-2H3. The number of hydrogen-bond donors (Lipinski definition) is 1. The maximum Gasteiger partial charge on any atom is 0.109 e. The normalized spacial score (nSPS) is 33.0. The highest BCUT2D eigenvalue weighted by Crippen LogP contribution is 2.39. The van der Waals surface area contributed by atoms with Gasteiger partial charge >= 0.3 is 0 Å². The molecule has 3 heterocycles. The maximum atomic E-state index is 11.0. The third kappa shape index (κ3) is 1.88. The minimum Gasteiger partial charge on any atom is -0.383 e. The van der Waals surface area contributed by atoms with Gasteiger partial charge < -0.3 is 10.0 Å². The van der Waals surface area contributed by atoms with Crippen molar-refractivity contribution in [3.05, 3.63) is 18.0 Å². The van der Waals surface area contributed by atoms with Crippen molar-refractivity contribution in [2.45, 2.75) is 57.2 Å². The molecular formula is C14H23N3O. The van der Waals surface area contributed by atoms with Crippen molar-refractivity contribution in [2.24, 2.45) is 0 Å². The van der Waals surface area contributed by atoms with Gasteiger partial charge in [-0.15, -0.1) is 0 Å². The molecule has 2 saturated heterocycles. The summed E-state index contributed by atoms with van der Waals surface area (Å²) in [7, 11) is 0. The van der Waals surface area contributed by atoms with Crippen LogP contribution in [0.3, 0.4) is 0 Å². The van der Waals surface area contributed by atoms with Gasteiger partial charge in [-0.2, -0.15) is 5.10 Å². The summed E-state index contributed by atoms with van der Waals surface area (Å²) in [6.45, 7) is 6.46. The molecular weight excluding hydrogens is 226 g/mol. The zero-order chi connectivity index (χ0) is 12.8. The van der Waals surface area contributed by atoms with Gasteiger partial charge in [-0.25, -0.2) is 0 Å². The summed E-state index contributed by atoms with van der Waals surface area (Å²) < 4.78 is 1.98. The summed E-state index contributed by atoms with van der Waals surface area (Å²) in [5.41, 5.74) is 0.329. The van der Waals surface area contributed by atoms with Crippen LogP contribution in [0, 0.1) is 0 Å². The van der Waals surface area contributed by atoms with E-state index in [0.717, 1.165) is 25.1 Å². The second-order valence-electron chi connectivity index (χ2n) is 6.07. The van der Waals surface area contributed by atoms with Crippen molar-refractivity contribution < 1.29 is 5.11 Å². The molecule has 18 heavy (non-hydrogen) atoms. The highest BCUT2D eigenvalue weighted by molar-refractivity contribution is 5.15. The van der Waals surface area contributed by atoms with Crippen LogP contribution in [-0.4, -0.2) is 38.9 Å². The van der Waals surface area contributed by atoms with Crippen LogP contribution in [0.2, 0.25) is 0 Å². The zero-order valence-electron chi connectivity index (χ0n) is 11.3. The number of aromatic nitrogens is 2. The van der Waals surface area contributed by atoms with Gasteiger partial charge in [0.25, 0.3) is 0 Å². The zero-order valence-corrected chi connectivity index (χ0v) is 11.3. The molecule has 1 aromatic heterocycles. The van der Waals surface area contributed by atoms with Crippen molar-refractivity contribution in [2.75, 3.05) is 13.1 Å². The van der Waals surface area contributed by atoms with Crippen molar-refractivity contribution in [3.8, 4) is 0 Å². The Balaban J connectivity index is 1.88. The molecule has 2 atom stereocenters. The van der Waals surface area contributed by atoms with Crippen LogP contribution in [0.4, 0.5) is 0 Å². The molecule has 0 spiro atoms. The lowest BCUT2D eigenvalue weighted by Crippen LogP contribution is -2.47. The Morgan fingerprint density at radius 2 is 2.28 bits per heavy atom. The van der Waals surface area contributed by atoms with Crippen LogP contribution >= 0.6 is 0 Å². The number of aliphatic hydroxyl groups is 1. The first-order chi connectivity index (χ1) is 8.60. The van der Waals surface area contributed by atoms with Gasteiger partial charge in [0.2, 0.25) is 0 Å². The molecule has 3 rings (SSSR count). The van der Waals surface area contributed by atoms with E-state index in [9.17, 15) is 5.11 Å². The molecule has 2 aliphatic heterocycles. The summed E-state index contributed by atoms with van der Waals surface area (Å²) >= 11 is 0. The van der Waals surface area contributed by atoms with Gasteiger partial charge in [-0.1, -0.05) is 0 Å². The quantitative estimate of drug-likeness (QED) is 0.870. The Morgan fingerprint density at radius 1 is 1.44 bits per heavy atom. The number of nitrogens with zero attached hydrogens (tertiary/aromatic N) is 3. The van der Waals surface area contributed by atoms with Crippen molar-refractivity contribution in [1.82, 2.24) is 14.7 Å². The lowest BCUT2D eigenvalue weighted by molar-refractivity contribution is -0.0478. The van der Waals surface area contributed by atoms with E-state index < -0.39 is 5.60 Å². The van der Waals surface area contributed by atoms with E-state index in [0.29, 0.717) is 12.1 Å². The van der Waals surface area contributed by atoms with Crippen LogP contribution < -0.4 is 0 Å². The van der Waals surface area contributed by atoms with Gasteiger partial charge in [0.15, 0.2) is 0 Å². The van der Waals surface area contributed by atoms with E-state index in [1.54, 1.807) is 0 Å². The van der Waals surface area contributed by atoms with E-state index >= 15 is 0 Å². The van der Waals surface area contributed by atoms with Crippen LogP contribution in [0.25, 0.3) is 0 Å². The smallest absolute Gasteiger partial charge is 0.109 e. The molecule has 0 amide bonds. The molecule has 1 N–H and O–H groups in total. The molecule has 2 aliphatic rings. The maximum absolute atomic E-state index is 11.0. The third-order valence-electron chi connectivity index (χ3n) is 4.52.